The highest BCUT2D eigenvalue weighted by Crippen LogP contribution is 2.20. The van der Waals surface area contributed by atoms with E-state index in [1.807, 2.05) is 0 Å². The molecule has 0 spiro atoms. The van der Waals surface area contributed by atoms with Crippen molar-refractivity contribution in [1.82, 2.24) is 10.5 Å². The van der Waals surface area contributed by atoms with E-state index in [4.69, 9.17) is 4.52 Å². The Hall–Kier alpha value is -2.44. The number of hydrogen-bond acceptors (Lipinski definition) is 4. The average molecular weight is 268 g/mol. The van der Waals surface area contributed by atoms with Crippen LogP contribution in [0.3, 0.4) is 0 Å². The van der Waals surface area contributed by atoms with Gasteiger partial charge in [0.05, 0.1) is 18.3 Å². The number of hydrogen-bond donors (Lipinski definition) is 1. The van der Waals surface area contributed by atoms with Gasteiger partial charge in [-0.15, -0.1) is 0 Å². The highest BCUT2D eigenvalue weighted by atomic mass is 19.3. The number of carbonyl (C=O) groups is 1. The second-order valence-electron chi connectivity index (χ2n) is 3.54. The van der Waals surface area contributed by atoms with Crippen molar-refractivity contribution >= 4 is 5.91 Å². The molecular formula is C12H10F2N2O3. The van der Waals surface area contributed by atoms with Gasteiger partial charge in [0.25, 0.3) is 5.91 Å². The van der Waals surface area contributed by atoms with Crippen molar-refractivity contribution in [3.63, 3.8) is 0 Å². The largest absolute Gasteiger partial charge is 0.434 e. The van der Waals surface area contributed by atoms with Crippen molar-refractivity contribution < 1.29 is 22.8 Å². The van der Waals surface area contributed by atoms with E-state index in [9.17, 15) is 13.6 Å². The van der Waals surface area contributed by atoms with Crippen molar-refractivity contribution in [2.24, 2.45) is 0 Å². The van der Waals surface area contributed by atoms with Gasteiger partial charge < -0.3 is 14.6 Å². The summed E-state index contributed by atoms with van der Waals surface area (Å²) in [6.07, 6.45) is 1.44. The Balaban J connectivity index is 2.06. The van der Waals surface area contributed by atoms with E-state index in [0.29, 0.717) is 5.76 Å². The number of para-hydroxylation sites is 1. The third kappa shape index (κ3) is 3.51. The number of ether oxygens (including phenoxy) is 1. The van der Waals surface area contributed by atoms with Crippen molar-refractivity contribution in [1.29, 1.82) is 0 Å². The number of amides is 1. The van der Waals surface area contributed by atoms with Gasteiger partial charge >= 0.3 is 6.61 Å². The number of nitrogens with one attached hydrogen (secondary N) is 1. The fourth-order valence-electron chi connectivity index (χ4n) is 1.45. The first-order chi connectivity index (χ1) is 9.16. The second kappa shape index (κ2) is 5.94. The van der Waals surface area contributed by atoms with Crippen LogP contribution >= 0.6 is 0 Å². The van der Waals surface area contributed by atoms with E-state index < -0.39 is 12.5 Å². The first kappa shape index (κ1) is 13.0. The van der Waals surface area contributed by atoms with Crippen LogP contribution < -0.4 is 10.1 Å². The van der Waals surface area contributed by atoms with Crippen molar-refractivity contribution in [3.05, 3.63) is 47.9 Å². The standard InChI is InChI=1S/C12H10F2N2O3/c13-12(14)18-10-4-2-1-3-9(10)11(17)15-7-8-5-6-16-19-8/h1-6,12H,7H2,(H,15,17). The maximum Gasteiger partial charge on any atom is 0.387 e. The lowest BCUT2D eigenvalue weighted by Crippen LogP contribution is -2.23. The van der Waals surface area contributed by atoms with Crippen LogP contribution in [0.25, 0.3) is 0 Å². The monoisotopic (exact) mass is 268 g/mol. The van der Waals surface area contributed by atoms with Crippen LogP contribution in [0.4, 0.5) is 8.78 Å². The molecule has 0 aliphatic heterocycles. The summed E-state index contributed by atoms with van der Waals surface area (Å²) in [5.74, 6) is -0.249. The third-order valence-electron chi connectivity index (χ3n) is 2.26. The summed E-state index contributed by atoms with van der Waals surface area (Å²) in [5, 5.41) is 6.00. The molecule has 0 atom stereocenters. The molecule has 19 heavy (non-hydrogen) atoms. The summed E-state index contributed by atoms with van der Waals surface area (Å²) in [6.45, 7) is -2.87. The van der Waals surface area contributed by atoms with E-state index >= 15 is 0 Å². The summed E-state index contributed by atoms with van der Waals surface area (Å²) in [4.78, 5) is 11.8. The fraction of sp³-hybridized carbons (Fsp3) is 0.167. The number of carbonyl (C=O) groups excluding carboxylic acids is 1. The summed E-state index contributed by atoms with van der Waals surface area (Å²) in [6, 6.07) is 7.34. The normalized spacial score (nSPS) is 10.5. The zero-order valence-electron chi connectivity index (χ0n) is 9.68. The molecule has 5 nitrogen and oxygen atoms in total. The Morgan fingerprint density at radius 2 is 2.16 bits per heavy atom. The Morgan fingerprint density at radius 3 is 2.84 bits per heavy atom. The number of alkyl halides is 2. The molecule has 100 valence electrons. The minimum atomic E-state index is -2.98. The van der Waals surface area contributed by atoms with Crippen LogP contribution in [-0.2, 0) is 6.54 Å². The van der Waals surface area contributed by atoms with Gasteiger partial charge in [0.2, 0.25) is 0 Å². The molecule has 1 amide bonds. The summed E-state index contributed by atoms with van der Waals surface area (Å²) < 4.78 is 33.5. The minimum Gasteiger partial charge on any atom is -0.434 e. The van der Waals surface area contributed by atoms with Crippen molar-refractivity contribution in [2.75, 3.05) is 0 Å². The molecule has 0 aliphatic carbocycles. The van der Waals surface area contributed by atoms with E-state index in [1.165, 1.54) is 24.4 Å². The van der Waals surface area contributed by atoms with Crippen LogP contribution in [0.15, 0.2) is 41.1 Å². The number of halogens is 2. The molecule has 0 fully saturated rings. The first-order valence-corrected chi connectivity index (χ1v) is 5.38. The summed E-state index contributed by atoms with van der Waals surface area (Å²) >= 11 is 0. The molecule has 1 heterocycles. The van der Waals surface area contributed by atoms with Gasteiger partial charge in [0.1, 0.15) is 5.75 Å². The number of aromatic nitrogens is 1. The van der Waals surface area contributed by atoms with Gasteiger partial charge in [0.15, 0.2) is 5.76 Å². The Kier molecular flexibility index (Phi) is 4.07. The topological polar surface area (TPSA) is 64.4 Å². The summed E-state index contributed by atoms with van der Waals surface area (Å²) in [7, 11) is 0. The molecule has 1 aromatic carbocycles. The van der Waals surface area contributed by atoms with Gasteiger partial charge in [-0.2, -0.15) is 8.78 Å². The number of rotatable bonds is 5. The Bertz CT molecular complexity index is 544. The lowest BCUT2D eigenvalue weighted by atomic mass is 10.2. The molecule has 0 radical (unpaired) electrons. The highest BCUT2D eigenvalue weighted by molar-refractivity contribution is 5.96. The van der Waals surface area contributed by atoms with E-state index in [2.05, 4.69) is 15.2 Å². The fourth-order valence-corrected chi connectivity index (χ4v) is 1.45. The van der Waals surface area contributed by atoms with E-state index in [0.717, 1.165) is 0 Å². The van der Waals surface area contributed by atoms with Crippen LogP contribution in [-0.4, -0.2) is 17.7 Å². The van der Waals surface area contributed by atoms with Crippen molar-refractivity contribution in [3.8, 4) is 5.75 Å². The quantitative estimate of drug-likeness (QED) is 0.902. The number of benzene rings is 1. The smallest absolute Gasteiger partial charge is 0.387 e. The van der Waals surface area contributed by atoms with Gasteiger partial charge in [-0.05, 0) is 12.1 Å². The zero-order chi connectivity index (χ0) is 13.7. The molecule has 2 rings (SSSR count). The molecule has 0 aliphatic rings. The van der Waals surface area contributed by atoms with Gasteiger partial charge in [-0.1, -0.05) is 17.3 Å². The Labute approximate surface area is 107 Å². The molecule has 0 bridgehead atoms. The highest BCUT2D eigenvalue weighted by Gasteiger charge is 2.15. The lowest BCUT2D eigenvalue weighted by Gasteiger charge is -2.10. The first-order valence-electron chi connectivity index (χ1n) is 5.38. The van der Waals surface area contributed by atoms with E-state index in [-0.39, 0.29) is 17.9 Å². The van der Waals surface area contributed by atoms with Crippen LogP contribution in [0, 0.1) is 0 Å². The average Bonchev–Trinajstić information content (AvgIpc) is 2.89. The van der Waals surface area contributed by atoms with Gasteiger partial charge in [-0.3, -0.25) is 4.79 Å². The second-order valence-corrected chi connectivity index (χ2v) is 3.54. The zero-order valence-corrected chi connectivity index (χ0v) is 9.68. The Morgan fingerprint density at radius 1 is 1.37 bits per heavy atom. The maximum absolute atomic E-state index is 12.2. The summed E-state index contributed by atoms with van der Waals surface area (Å²) in [5.41, 5.74) is 0.0299. The minimum absolute atomic E-state index is 0.0299. The maximum atomic E-state index is 12.2. The predicted molar refractivity (Wildman–Crippen MR) is 60.7 cm³/mol. The molecule has 0 saturated carbocycles. The predicted octanol–water partition coefficient (Wildman–Crippen LogP) is 2.21. The molecule has 0 unspecified atom stereocenters. The lowest BCUT2D eigenvalue weighted by molar-refractivity contribution is -0.0501. The molecular weight excluding hydrogens is 258 g/mol. The van der Waals surface area contributed by atoms with E-state index in [1.54, 1.807) is 12.1 Å². The molecule has 1 N–H and O–H groups in total. The third-order valence-corrected chi connectivity index (χ3v) is 2.26. The van der Waals surface area contributed by atoms with Crippen LogP contribution in [0.2, 0.25) is 0 Å². The van der Waals surface area contributed by atoms with Crippen LogP contribution in [0.5, 0.6) is 5.75 Å². The molecule has 0 saturated heterocycles. The number of nitrogens with zero attached hydrogens (tertiary/aromatic N) is 1. The molecule has 2 aromatic rings. The van der Waals surface area contributed by atoms with Gasteiger partial charge in [0, 0.05) is 6.07 Å². The van der Waals surface area contributed by atoms with Crippen molar-refractivity contribution in [2.45, 2.75) is 13.2 Å². The molecule has 1 aromatic heterocycles. The van der Waals surface area contributed by atoms with Crippen LogP contribution in [0.1, 0.15) is 16.1 Å². The van der Waals surface area contributed by atoms with Gasteiger partial charge in [-0.25, -0.2) is 0 Å². The SMILES string of the molecule is O=C(NCc1ccno1)c1ccccc1OC(F)F. The molecule has 7 heteroatoms.